The molecule has 9 heteroatoms. The molecule has 0 aliphatic carbocycles. The second-order valence-electron chi connectivity index (χ2n) is 19.0. The van der Waals surface area contributed by atoms with Crippen LogP contribution in [0.3, 0.4) is 0 Å². The van der Waals surface area contributed by atoms with Crippen LogP contribution in [0.4, 0.5) is 0 Å². The van der Waals surface area contributed by atoms with Gasteiger partial charge in [-0.05, 0) is 96.3 Å². The molecule has 9 nitrogen and oxygen atoms in total. The average molecular weight is 981 g/mol. The Kier molecular flexibility index (Phi) is 47.5. The normalized spacial score (nSPS) is 19.7. The molecule has 0 bridgehead atoms. The van der Waals surface area contributed by atoms with Crippen molar-refractivity contribution < 1.29 is 44.2 Å². The van der Waals surface area contributed by atoms with Gasteiger partial charge in [-0.25, -0.2) is 0 Å². The first-order valence-electron chi connectivity index (χ1n) is 28.3. The first-order chi connectivity index (χ1) is 34.4. The van der Waals surface area contributed by atoms with E-state index in [1.54, 1.807) is 0 Å². The van der Waals surface area contributed by atoms with E-state index in [9.17, 15) is 25.2 Å². The highest BCUT2D eigenvalue weighted by molar-refractivity contribution is 5.69. The maximum absolute atomic E-state index is 12.9. The molecule has 6 atom stereocenters. The molecule has 6 unspecified atom stereocenters. The molecule has 1 aliphatic heterocycles. The molecule has 1 saturated heterocycles. The lowest BCUT2D eigenvalue weighted by Gasteiger charge is -2.39. The number of esters is 1. The van der Waals surface area contributed by atoms with Crippen molar-refractivity contribution in [2.45, 2.75) is 256 Å². The van der Waals surface area contributed by atoms with Crippen LogP contribution in [0.25, 0.3) is 0 Å². The van der Waals surface area contributed by atoms with Gasteiger partial charge < -0.3 is 39.4 Å². The number of carbonyl (C=O) groups is 1. The first-order valence-corrected chi connectivity index (χ1v) is 28.3. The molecule has 1 rings (SSSR count). The highest BCUT2D eigenvalue weighted by Gasteiger charge is 2.44. The minimum Gasteiger partial charge on any atom is -0.457 e. The predicted octanol–water partition coefficient (Wildman–Crippen LogP) is 14.7. The van der Waals surface area contributed by atoms with Crippen molar-refractivity contribution in [2.24, 2.45) is 0 Å². The monoisotopic (exact) mass is 981 g/mol. The third-order valence-corrected chi connectivity index (χ3v) is 12.5. The van der Waals surface area contributed by atoms with Crippen LogP contribution in [-0.4, -0.2) is 89.6 Å². The van der Waals surface area contributed by atoms with Gasteiger partial charge in [-0.2, -0.15) is 0 Å². The lowest BCUT2D eigenvalue weighted by molar-refractivity contribution is -0.305. The molecule has 0 saturated carbocycles. The number of aliphatic hydroxyl groups excluding tert-OH is 4. The number of allylic oxidation sites excluding steroid dienone is 16. The smallest absolute Gasteiger partial charge is 0.306 e. The SMILES string of the molecule is CC/C=C\C/C=C\C/C=C\C/C=C\C/C=C\CCCCCCCCCCOCC(COC1OC(CO)C(O)C(O)C1O)OC(=O)CCCCCCCCCC/C=C\C/C=C\C/C=C\CCCCCCC. The lowest BCUT2D eigenvalue weighted by Crippen LogP contribution is -2.59. The first kappa shape index (κ1) is 65.1. The molecule has 4 N–H and O–H groups in total. The quantitative estimate of drug-likeness (QED) is 0.0267. The topological polar surface area (TPSA) is 135 Å². The molecule has 70 heavy (non-hydrogen) atoms. The van der Waals surface area contributed by atoms with Gasteiger partial charge in [-0.15, -0.1) is 0 Å². The molecule has 0 amide bonds. The molecule has 0 aromatic rings. The maximum Gasteiger partial charge on any atom is 0.306 e. The summed E-state index contributed by atoms with van der Waals surface area (Å²) in [5.41, 5.74) is 0. The minimum atomic E-state index is -1.55. The maximum atomic E-state index is 12.9. The van der Waals surface area contributed by atoms with Gasteiger partial charge in [-0.1, -0.05) is 214 Å². The van der Waals surface area contributed by atoms with E-state index in [2.05, 4.69) is 111 Å². The van der Waals surface area contributed by atoms with E-state index in [1.807, 2.05) is 0 Å². The summed E-state index contributed by atoms with van der Waals surface area (Å²) in [7, 11) is 0. The summed E-state index contributed by atoms with van der Waals surface area (Å²) in [6.07, 6.45) is 64.4. The molecule has 0 aromatic heterocycles. The van der Waals surface area contributed by atoms with Crippen LogP contribution in [0.1, 0.15) is 219 Å². The highest BCUT2D eigenvalue weighted by atomic mass is 16.7. The summed E-state index contributed by atoms with van der Waals surface area (Å²) >= 11 is 0. The number of carbonyl (C=O) groups excluding carboxylic acids is 1. The third kappa shape index (κ3) is 40.7. The molecular formula is C61H104O9. The highest BCUT2D eigenvalue weighted by Crippen LogP contribution is 2.23. The van der Waals surface area contributed by atoms with Gasteiger partial charge in [0.2, 0.25) is 0 Å². The zero-order valence-corrected chi connectivity index (χ0v) is 44.5. The van der Waals surface area contributed by atoms with E-state index in [-0.39, 0.29) is 19.2 Å². The summed E-state index contributed by atoms with van der Waals surface area (Å²) in [6.45, 7) is 4.41. The Morgan fingerprint density at radius 2 is 0.871 bits per heavy atom. The molecule has 0 radical (unpaired) electrons. The van der Waals surface area contributed by atoms with Crippen LogP contribution < -0.4 is 0 Å². The Hall–Kier alpha value is -2.89. The van der Waals surface area contributed by atoms with E-state index in [1.165, 1.54) is 103 Å². The molecular weight excluding hydrogens is 877 g/mol. The zero-order valence-electron chi connectivity index (χ0n) is 44.5. The lowest BCUT2D eigenvalue weighted by atomic mass is 9.99. The second-order valence-corrected chi connectivity index (χ2v) is 19.0. The number of hydrogen-bond acceptors (Lipinski definition) is 9. The number of ether oxygens (including phenoxy) is 4. The van der Waals surface area contributed by atoms with Crippen molar-refractivity contribution in [2.75, 3.05) is 26.4 Å². The fraction of sp³-hybridized carbons (Fsp3) is 0.721. The van der Waals surface area contributed by atoms with E-state index in [0.29, 0.717) is 13.0 Å². The fourth-order valence-electron chi connectivity index (χ4n) is 8.11. The Morgan fingerprint density at radius 1 is 0.471 bits per heavy atom. The molecule has 402 valence electrons. The van der Waals surface area contributed by atoms with Gasteiger partial charge in [0.05, 0.1) is 19.8 Å². The molecule has 0 aromatic carbocycles. The van der Waals surface area contributed by atoms with Gasteiger partial charge in [0.1, 0.15) is 30.5 Å². The Labute approximate surface area is 428 Å². The van der Waals surface area contributed by atoms with Crippen molar-refractivity contribution >= 4 is 5.97 Å². The zero-order chi connectivity index (χ0) is 50.6. The van der Waals surface area contributed by atoms with Crippen molar-refractivity contribution in [3.8, 4) is 0 Å². The van der Waals surface area contributed by atoms with E-state index in [0.717, 1.165) is 96.3 Å². The van der Waals surface area contributed by atoms with Crippen molar-refractivity contribution in [1.29, 1.82) is 0 Å². The van der Waals surface area contributed by atoms with Crippen LogP contribution in [0, 0.1) is 0 Å². The van der Waals surface area contributed by atoms with E-state index in [4.69, 9.17) is 18.9 Å². The van der Waals surface area contributed by atoms with Gasteiger partial charge >= 0.3 is 5.97 Å². The Morgan fingerprint density at radius 3 is 1.31 bits per heavy atom. The van der Waals surface area contributed by atoms with E-state index >= 15 is 0 Å². The number of hydrogen-bond donors (Lipinski definition) is 4. The van der Waals surface area contributed by atoms with Crippen LogP contribution in [0.2, 0.25) is 0 Å². The summed E-state index contributed by atoms with van der Waals surface area (Å²) < 4.78 is 22.9. The molecule has 0 spiro atoms. The number of rotatable bonds is 48. The van der Waals surface area contributed by atoms with Crippen LogP contribution in [0.5, 0.6) is 0 Å². The average Bonchev–Trinajstić information content (AvgIpc) is 3.36. The summed E-state index contributed by atoms with van der Waals surface area (Å²) in [5, 5.41) is 40.4. The van der Waals surface area contributed by atoms with Crippen molar-refractivity contribution in [3.05, 3.63) is 97.2 Å². The molecule has 1 aliphatic rings. The molecule has 1 heterocycles. The fourth-order valence-corrected chi connectivity index (χ4v) is 8.11. The minimum absolute atomic E-state index is 0.125. The van der Waals surface area contributed by atoms with Gasteiger partial charge in [0.15, 0.2) is 6.29 Å². The van der Waals surface area contributed by atoms with Gasteiger partial charge in [-0.3, -0.25) is 4.79 Å². The van der Waals surface area contributed by atoms with Crippen LogP contribution in [0.15, 0.2) is 97.2 Å². The summed E-state index contributed by atoms with van der Waals surface area (Å²) in [5.74, 6) is -0.326. The van der Waals surface area contributed by atoms with Gasteiger partial charge in [0.25, 0.3) is 0 Å². The van der Waals surface area contributed by atoms with Crippen LogP contribution >= 0.6 is 0 Å². The predicted molar refractivity (Wildman–Crippen MR) is 293 cm³/mol. The Bertz CT molecular complexity index is 1390. The van der Waals surface area contributed by atoms with E-state index < -0.39 is 43.4 Å². The second kappa shape index (κ2) is 51.0. The summed E-state index contributed by atoms with van der Waals surface area (Å²) in [4.78, 5) is 12.9. The number of unbranched alkanes of at least 4 members (excludes halogenated alkanes) is 21. The van der Waals surface area contributed by atoms with Crippen LogP contribution in [-0.2, 0) is 23.7 Å². The molecule has 1 fully saturated rings. The summed E-state index contributed by atoms with van der Waals surface area (Å²) in [6, 6.07) is 0. The number of aliphatic hydroxyl groups is 4. The van der Waals surface area contributed by atoms with Crippen molar-refractivity contribution in [3.63, 3.8) is 0 Å². The third-order valence-electron chi connectivity index (χ3n) is 12.5. The van der Waals surface area contributed by atoms with Crippen molar-refractivity contribution in [1.82, 2.24) is 0 Å². The standard InChI is InChI=1S/C61H104O9/c1-3-5-7-9-11-13-15-17-19-21-23-25-27-29-31-33-35-37-39-41-43-45-47-49-51-67-53-55(54-68-61-60(66)59(65)58(64)56(52-62)70-61)69-57(63)50-48-46-44-42-40-38-36-34-32-30-28-26-24-22-20-18-16-14-12-10-8-6-4-2/h5,7,11,13,16-19,22-25,28-31,55-56,58-62,64-66H,3-4,6,8-10,12,14-15,20-21,26-27,32-54H2,1-2H3/b7-5-,13-11-,18-16-,19-17-,24-22-,25-23-,30-28-,31-29-. The largest absolute Gasteiger partial charge is 0.457 e. The Balaban J connectivity index is 2.20. The van der Waals surface area contributed by atoms with Gasteiger partial charge in [0, 0.05) is 13.0 Å².